The third kappa shape index (κ3) is 3.93. The van der Waals surface area contributed by atoms with Gasteiger partial charge in [0.05, 0.1) is 16.3 Å². The number of hydrogen-bond acceptors (Lipinski definition) is 7. The smallest absolute Gasteiger partial charge is 0.237 e. The first-order chi connectivity index (χ1) is 14.4. The average molecular weight is 419 g/mol. The summed E-state index contributed by atoms with van der Waals surface area (Å²) in [4.78, 5) is 28.5. The van der Waals surface area contributed by atoms with Crippen LogP contribution < -0.4 is 14.8 Å². The van der Waals surface area contributed by atoms with E-state index in [1.54, 1.807) is 49.4 Å². The van der Waals surface area contributed by atoms with Crippen LogP contribution in [0.1, 0.15) is 29.8 Å². The van der Waals surface area contributed by atoms with Gasteiger partial charge >= 0.3 is 0 Å². The van der Waals surface area contributed by atoms with Crippen LogP contribution in [0.25, 0.3) is 10.9 Å². The molecule has 1 aliphatic rings. The van der Waals surface area contributed by atoms with E-state index in [-0.39, 0.29) is 18.5 Å². The number of rotatable bonds is 5. The fourth-order valence-electron chi connectivity index (χ4n) is 2.97. The van der Waals surface area contributed by atoms with Crippen molar-refractivity contribution in [2.24, 2.45) is 0 Å². The zero-order valence-corrected chi connectivity index (χ0v) is 17.1. The van der Waals surface area contributed by atoms with E-state index >= 15 is 0 Å². The number of aromatic nitrogens is 1. The van der Waals surface area contributed by atoms with E-state index in [9.17, 15) is 14.9 Å². The highest BCUT2D eigenvalue weighted by atomic mass is 32.2. The van der Waals surface area contributed by atoms with E-state index in [1.165, 1.54) is 18.7 Å². The maximum Gasteiger partial charge on any atom is 0.237 e. The Bertz CT molecular complexity index is 1200. The maximum absolute atomic E-state index is 12.6. The predicted octanol–water partition coefficient (Wildman–Crippen LogP) is 4.16. The molecule has 0 unspecified atom stereocenters. The van der Waals surface area contributed by atoms with Crippen molar-refractivity contribution in [1.29, 1.82) is 5.26 Å². The summed E-state index contributed by atoms with van der Waals surface area (Å²) in [5, 5.41) is 13.1. The Morgan fingerprint density at radius 2 is 1.87 bits per heavy atom. The summed E-state index contributed by atoms with van der Waals surface area (Å²) in [6.07, 6.45) is 0. The summed E-state index contributed by atoms with van der Waals surface area (Å²) in [6, 6.07) is 14.1. The lowest BCUT2D eigenvalue weighted by atomic mass is 10.1. The summed E-state index contributed by atoms with van der Waals surface area (Å²) >= 11 is 1.21. The fraction of sp³-hybridized carbons (Fsp3) is 0.182. The predicted molar refractivity (Wildman–Crippen MR) is 113 cm³/mol. The van der Waals surface area contributed by atoms with Crippen LogP contribution in [-0.2, 0) is 4.79 Å². The quantitative estimate of drug-likeness (QED) is 0.489. The topological polar surface area (TPSA) is 101 Å². The number of ether oxygens (including phenoxy) is 2. The molecule has 7 nitrogen and oxygen atoms in total. The molecule has 0 bridgehead atoms. The van der Waals surface area contributed by atoms with Crippen LogP contribution in [0.2, 0.25) is 0 Å². The van der Waals surface area contributed by atoms with Gasteiger partial charge in [0.2, 0.25) is 12.7 Å². The molecule has 0 saturated heterocycles. The number of fused-ring (bicyclic) bond motifs is 2. The molecule has 1 aromatic heterocycles. The van der Waals surface area contributed by atoms with Crippen LogP contribution in [0.3, 0.4) is 0 Å². The number of carbonyl (C=O) groups is 2. The molecule has 1 atom stereocenters. The number of benzene rings is 2. The molecule has 8 heteroatoms. The molecule has 150 valence electrons. The molecule has 4 rings (SSSR count). The first kappa shape index (κ1) is 19.7. The molecule has 1 amide bonds. The van der Waals surface area contributed by atoms with Gasteiger partial charge in [0.25, 0.3) is 0 Å². The van der Waals surface area contributed by atoms with Crippen molar-refractivity contribution in [3.8, 4) is 17.6 Å². The lowest BCUT2D eigenvalue weighted by molar-refractivity contribution is -0.115. The summed E-state index contributed by atoms with van der Waals surface area (Å²) in [7, 11) is 0. The summed E-state index contributed by atoms with van der Waals surface area (Å²) in [6.45, 7) is 3.39. The first-order valence-corrected chi connectivity index (χ1v) is 10.1. The van der Waals surface area contributed by atoms with Gasteiger partial charge in [-0.05, 0) is 50.2 Å². The standard InChI is InChI=1S/C22H17N3O4S/c1-12(26)14-3-5-17(6-4-14)24-21(27)13(2)30-22-16(10-23)7-15-8-19-20(29-11-28-19)9-18(15)25-22/h3-9,13H,11H2,1-2H3,(H,24,27)/t13-/m0/s1. The molecular formula is C22H17N3O4S. The largest absolute Gasteiger partial charge is 0.454 e. The fourth-order valence-corrected chi connectivity index (χ4v) is 3.85. The van der Waals surface area contributed by atoms with Crippen LogP contribution in [0.15, 0.2) is 47.5 Å². The van der Waals surface area contributed by atoms with Crippen molar-refractivity contribution in [3.63, 3.8) is 0 Å². The Labute approximate surface area is 177 Å². The van der Waals surface area contributed by atoms with Gasteiger partial charge in [-0.3, -0.25) is 9.59 Å². The van der Waals surface area contributed by atoms with Crippen LogP contribution in [-0.4, -0.2) is 28.7 Å². The number of nitrogens with zero attached hydrogens (tertiary/aromatic N) is 2. The van der Waals surface area contributed by atoms with Crippen LogP contribution in [0.5, 0.6) is 11.5 Å². The van der Waals surface area contributed by atoms with E-state index in [2.05, 4.69) is 16.4 Å². The lowest BCUT2D eigenvalue weighted by Gasteiger charge is -2.13. The lowest BCUT2D eigenvalue weighted by Crippen LogP contribution is -2.22. The van der Waals surface area contributed by atoms with Crippen molar-refractivity contribution in [3.05, 3.63) is 53.6 Å². The van der Waals surface area contributed by atoms with E-state index in [0.29, 0.717) is 38.9 Å². The number of thioether (sulfide) groups is 1. The van der Waals surface area contributed by atoms with Gasteiger partial charge in [-0.1, -0.05) is 11.8 Å². The molecule has 0 spiro atoms. The van der Waals surface area contributed by atoms with Gasteiger partial charge in [-0.2, -0.15) is 5.26 Å². The number of ketones is 1. The van der Waals surface area contributed by atoms with E-state index in [4.69, 9.17) is 9.47 Å². The third-order valence-electron chi connectivity index (χ3n) is 4.61. The number of nitriles is 1. The number of pyridine rings is 1. The molecule has 2 heterocycles. The van der Waals surface area contributed by atoms with Gasteiger partial charge in [-0.15, -0.1) is 0 Å². The van der Waals surface area contributed by atoms with E-state index in [0.717, 1.165) is 5.39 Å². The van der Waals surface area contributed by atoms with Gasteiger partial charge in [0.15, 0.2) is 17.3 Å². The highest BCUT2D eigenvalue weighted by Gasteiger charge is 2.20. The Morgan fingerprint density at radius 1 is 1.17 bits per heavy atom. The number of hydrogen-bond donors (Lipinski definition) is 1. The second-order valence-electron chi connectivity index (χ2n) is 6.73. The zero-order valence-electron chi connectivity index (χ0n) is 16.3. The molecule has 1 N–H and O–H groups in total. The minimum Gasteiger partial charge on any atom is -0.454 e. The van der Waals surface area contributed by atoms with E-state index in [1.807, 2.05) is 0 Å². The number of anilines is 1. The minimum absolute atomic E-state index is 0.0363. The number of nitrogens with one attached hydrogen (secondary N) is 1. The summed E-state index contributed by atoms with van der Waals surface area (Å²) in [5.74, 6) is 0.963. The molecule has 0 saturated carbocycles. The Balaban J connectivity index is 1.53. The molecule has 3 aromatic rings. The van der Waals surface area contributed by atoms with Crippen LogP contribution in [0, 0.1) is 11.3 Å². The molecule has 2 aromatic carbocycles. The van der Waals surface area contributed by atoms with Crippen LogP contribution >= 0.6 is 11.8 Å². The Kier molecular flexibility index (Phi) is 5.29. The maximum atomic E-state index is 12.6. The third-order valence-corrected chi connectivity index (χ3v) is 5.71. The second-order valence-corrected chi connectivity index (χ2v) is 8.06. The van der Waals surface area contributed by atoms with Crippen molar-refractivity contribution >= 4 is 40.0 Å². The second kappa shape index (κ2) is 8.05. The summed E-state index contributed by atoms with van der Waals surface area (Å²) in [5.41, 5.74) is 2.22. The van der Waals surface area contributed by atoms with E-state index < -0.39 is 5.25 Å². The normalized spacial score (nSPS) is 13.0. The van der Waals surface area contributed by atoms with Crippen molar-refractivity contribution in [2.75, 3.05) is 12.1 Å². The average Bonchev–Trinajstić information content (AvgIpc) is 3.19. The molecule has 1 aliphatic heterocycles. The van der Waals surface area contributed by atoms with Gasteiger partial charge in [0.1, 0.15) is 11.1 Å². The minimum atomic E-state index is -0.497. The number of amides is 1. The summed E-state index contributed by atoms with van der Waals surface area (Å²) < 4.78 is 10.8. The highest BCUT2D eigenvalue weighted by molar-refractivity contribution is 8.00. The molecular weight excluding hydrogens is 402 g/mol. The monoisotopic (exact) mass is 419 g/mol. The Morgan fingerprint density at radius 3 is 2.53 bits per heavy atom. The van der Waals surface area contributed by atoms with Crippen LogP contribution in [0.4, 0.5) is 5.69 Å². The molecule has 0 aliphatic carbocycles. The number of carbonyl (C=O) groups excluding carboxylic acids is 2. The first-order valence-electron chi connectivity index (χ1n) is 9.17. The zero-order chi connectivity index (χ0) is 21.3. The highest BCUT2D eigenvalue weighted by Crippen LogP contribution is 2.37. The van der Waals surface area contributed by atoms with Crippen molar-refractivity contribution in [2.45, 2.75) is 24.1 Å². The van der Waals surface area contributed by atoms with Gasteiger partial charge in [0, 0.05) is 22.7 Å². The number of Topliss-reactive ketones (excluding diaryl/α,β-unsaturated/α-hetero) is 1. The van der Waals surface area contributed by atoms with Gasteiger partial charge in [-0.25, -0.2) is 4.98 Å². The SMILES string of the molecule is CC(=O)c1ccc(NC(=O)[C@H](C)Sc2nc3cc4c(cc3cc2C#N)OCO4)cc1. The molecule has 0 radical (unpaired) electrons. The van der Waals surface area contributed by atoms with Gasteiger partial charge < -0.3 is 14.8 Å². The Hall–Kier alpha value is -3.57. The molecule has 30 heavy (non-hydrogen) atoms. The molecule has 0 fully saturated rings. The van der Waals surface area contributed by atoms with Crippen molar-refractivity contribution in [1.82, 2.24) is 4.98 Å². The van der Waals surface area contributed by atoms with Crippen molar-refractivity contribution < 1.29 is 19.1 Å².